The van der Waals surface area contributed by atoms with Crippen molar-refractivity contribution in [3.8, 4) is 0 Å². The maximum Gasteiger partial charge on any atom is 0.354 e. The molecule has 1 aromatic heterocycles. The van der Waals surface area contributed by atoms with Crippen molar-refractivity contribution in [1.29, 1.82) is 0 Å². The van der Waals surface area contributed by atoms with Crippen LogP contribution < -0.4 is 4.90 Å². The number of piperazine rings is 1. The molecule has 0 spiro atoms. The van der Waals surface area contributed by atoms with E-state index in [9.17, 15) is 13.2 Å². The molecule has 104 valence electrons. The summed E-state index contributed by atoms with van der Waals surface area (Å²) < 4.78 is 24.1. The molecular formula is C10H14N4O4S. The summed E-state index contributed by atoms with van der Waals surface area (Å²) in [6.45, 7) is 1.57. The zero-order valence-corrected chi connectivity index (χ0v) is 11.2. The number of nitrogens with zero attached hydrogens (tertiary/aromatic N) is 4. The van der Waals surface area contributed by atoms with Crippen LogP contribution in [-0.4, -0.2) is 66.2 Å². The molecule has 0 aliphatic carbocycles. The summed E-state index contributed by atoms with van der Waals surface area (Å²) >= 11 is 0. The predicted molar refractivity (Wildman–Crippen MR) is 67.6 cm³/mol. The summed E-state index contributed by atoms with van der Waals surface area (Å²) in [4.78, 5) is 20.5. The van der Waals surface area contributed by atoms with Crippen LogP contribution in [0.3, 0.4) is 0 Å². The van der Waals surface area contributed by atoms with Crippen molar-refractivity contribution < 1.29 is 18.3 Å². The van der Waals surface area contributed by atoms with E-state index in [-0.39, 0.29) is 5.69 Å². The third-order valence-electron chi connectivity index (χ3n) is 2.85. The molecule has 9 heteroatoms. The summed E-state index contributed by atoms with van der Waals surface area (Å²) in [5.41, 5.74) is -0.0736. The second kappa shape index (κ2) is 5.10. The Hall–Kier alpha value is -1.74. The molecule has 1 aliphatic rings. The third-order valence-corrected chi connectivity index (χ3v) is 4.16. The van der Waals surface area contributed by atoms with Crippen LogP contribution in [0.5, 0.6) is 0 Å². The number of hydrogen-bond donors (Lipinski definition) is 1. The average molecular weight is 286 g/mol. The number of hydrogen-bond acceptors (Lipinski definition) is 6. The molecule has 2 rings (SSSR count). The summed E-state index contributed by atoms with van der Waals surface area (Å²) in [7, 11) is -3.18. The molecule has 0 saturated carbocycles. The van der Waals surface area contributed by atoms with Gasteiger partial charge in [-0.05, 0) is 6.07 Å². The van der Waals surface area contributed by atoms with Gasteiger partial charge in [0.1, 0.15) is 0 Å². The van der Waals surface area contributed by atoms with Crippen LogP contribution in [0.1, 0.15) is 10.5 Å². The highest BCUT2D eigenvalue weighted by Crippen LogP contribution is 2.12. The summed E-state index contributed by atoms with van der Waals surface area (Å²) in [5.74, 6) is -0.800. The van der Waals surface area contributed by atoms with Gasteiger partial charge in [0, 0.05) is 32.4 Å². The summed E-state index contributed by atoms with van der Waals surface area (Å²) in [5, 5.41) is 8.86. The molecule has 8 nitrogen and oxygen atoms in total. The van der Waals surface area contributed by atoms with Gasteiger partial charge in [-0.25, -0.2) is 23.2 Å². The fourth-order valence-electron chi connectivity index (χ4n) is 1.84. The molecule has 1 fully saturated rings. The van der Waals surface area contributed by atoms with E-state index >= 15 is 0 Å². The normalized spacial score (nSPS) is 17.4. The minimum atomic E-state index is -3.18. The van der Waals surface area contributed by atoms with E-state index in [0.29, 0.717) is 32.1 Å². The lowest BCUT2D eigenvalue weighted by Gasteiger charge is -2.33. The Bertz CT molecular complexity index is 581. The van der Waals surface area contributed by atoms with E-state index in [2.05, 4.69) is 9.97 Å². The Morgan fingerprint density at radius 1 is 1.32 bits per heavy atom. The van der Waals surface area contributed by atoms with Crippen LogP contribution in [0.2, 0.25) is 0 Å². The minimum Gasteiger partial charge on any atom is -0.477 e. The van der Waals surface area contributed by atoms with Crippen molar-refractivity contribution in [2.45, 2.75) is 0 Å². The highest BCUT2D eigenvalue weighted by Gasteiger charge is 2.24. The van der Waals surface area contributed by atoms with Crippen LogP contribution in [0.4, 0.5) is 5.95 Å². The molecule has 2 heterocycles. The van der Waals surface area contributed by atoms with Gasteiger partial charge >= 0.3 is 5.97 Å². The second-order valence-corrected chi connectivity index (χ2v) is 6.18. The molecule has 0 amide bonds. The first kappa shape index (κ1) is 13.7. The van der Waals surface area contributed by atoms with Gasteiger partial charge in [-0.15, -0.1) is 0 Å². The Labute approximate surface area is 110 Å². The number of anilines is 1. The fourth-order valence-corrected chi connectivity index (χ4v) is 2.67. The van der Waals surface area contributed by atoms with E-state index in [0.717, 1.165) is 0 Å². The summed E-state index contributed by atoms with van der Waals surface area (Å²) in [6, 6.07) is 1.32. The molecule has 19 heavy (non-hydrogen) atoms. The van der Waals surface area contributed by atoms with Gasteiger partial charge in [0.25, 0.3) is 0 Å². The zero-order valence-electron chi connectivity index (χ0n) is 10.4. The minimum absolute atomic E-state index is 0.0736. The number of carbonyl (C=O) groups is 1. The Balaban J connectivity index is 2.10. The quantitative estimate of drug-likeness (QED) is 0.780. The average Bonchev–Trinajstić information content (AvgIpc) is 2.38. The van der Waals surface area contributed by atoms with E-state index in [1.807, 2.05) is 0 Å². The standard InChI is InChI=1S/C10H14N4O4S/c1-19(17,18)14-6-4-13(5-7-14)10-11-3-2-8(12-10)9(15)16/h2-3H,4-7H2,1H3,(H,15,16). The first-order valence-electron chi connectivity index (χ1n) is 5.64. The molecule has 0 unspecified atom stereocenters. The second-order valence-electron chi connectivity index (χ2n) is 4.20. The van der Waals surface area contributed by atoms with E-state index in [1.54, 1.807) is 4.90 Å². The number of carboxylic acids is 1. The van der Waals surface area contributed by atoms with Crippen molar-refractivity contribution in [3.63, 3.8) is 0 Å². The highest BCUT2D eigenvalue weighted by molar-refractivity contribution is 7.88. The van der Waals surface area contributed by atoms with E-state index < -0.39 is 16.0 Å². The Kier molecular flexibility index (Phi) is 3.67. The monoisotopic (exact) mass is 286 g/mol. The first-order valence-corrected chi connectivity index (χ1v) is 7.49. The van der Waals surface area contributed by atoms with Crippen molar-refractivity contribution in [2.75, 3.05) is 37.3 Å². The fraction of sp³-hybridized carbons (Fsp3) is 0.500. The maximum atomic E-state index is 11.4. The summed E-state index contributed by atoms with van der Waals surface area (Å²) in [6.07, 6.45) is 2.55. The predicted octanol–water partition coefficient (Wildman–Crippen LogP) is -0.744. The molecular weight excluding hydrogens is 272 g/mol. The zero-order chi connectivity index (χ0) is 14.0. The number of carboxylic acid groups (broad SMARTS) is 1. The molecule has 1 saturated heterocycles. The first-order chi connectivity index (χ1) is 8.88. The molecule has 1 aliphatic heterocycles. The molecule has 1 N–H and O–H groups in total. The van der Waals surface area contributed by atoms with Gasteiger partial charge in [0.2, 0.25) is 16.0 Å². The lowest BCUT2D eigenvalue weighted by atomic mass is 10.3. The van der Waals surface area contributed by atoms with Gasteiger partial charge in [0.05, 0.1) is 6.26 Å². The van der Waals surface area contributed by atoms with E-state index in [4.69, 9.17) is 5.11 Å². The third kappa shape index (κ3) is 3.18. The van der Waals surface area contributed by atoms with Crippen molar-refractivity contribution >= 4 is 21.9 Å². The largest absolute Gasteiger partial charge is 0.477 e. The topological polar surface area (TPSA) is 104 Å². The number of aromatic carboxylic acids is 1. The van der Waals surface area contributed by atoms with Gasteiger partial charge < -0.3 is 10.0 Å². The highest BCUT2D eigenvalue weighted by atomic mass is 32.2. The smallest absolute Gasteiger partial charge is 0.354 e. The molecule has 0 bridgehead atoms. The van der Waals surface area contributed by atoms with E-state index in [1.165, 1.54) is 22.8 Å². The van der Waals surface area contributed by atoms with Crippen LogP contribution in [0.15, 0.2) is 12.3 Å². The maximum absolute atomic E-state index is 11.4. The number of aromatic nitrogens is 2. The number of rotatable bonds is 3. The van der Waals surface area contributed by atoms with Crippen molar-refractivity contribution in [1.82, 2.24) is 14.3 Å². The van der Waals surface area contributed by atoms with Gasteiger partial charge in [-0.2, -0.15) is 4.31 Å². The molecule has 1 aromatic rings. The molecule has 0 atom stereocenters. The number of sulfonamides is 1. The van der Waals surface area contributed by atoms with Crippen LogP contribution in [-0.2, 0) is 10.0 Å². The lowest BCUT2D eigenvalue weighted by molar-refractivity contribution is 0.0690. The lowest BCUT2D eigenvalue weighted by Crippen LogP contribution is -2.48. The SMILES string of the molecule is CS(=O)(=O)N1CCN(c2nccc(C(=O)O)n2)CC1. The molecule has 0 aromatic carbocycles. The van der Waals surface area contributed by atoms with Crippen molar-refractivity contribution in [3.05, 3.63) is 18.0 Å². The Morgan fingerprint density at radius 2 is 1.95 bits per heavy atom. The van der Waals surface area contributed by atoms with Crippen LogP contribution in [0, 0.1) is 0 Å². The van der Waals surface area contributed by atoms with Crippen LogP contribution in [0.25, 0.3) is 0 Å². The van der Waals surface area contributed by atoms with Gasteiger partial charge in [-0.3, -0.25) is 0 Å². The molecule has 0 radical (unpaired) electrons. The van der Waals surface area contributed by atoms with Crippen molar-refractivity contribution in [2.24, 2.45) is 0 Å². The Morgan fingerprint density at radius 3 is 2.47 bits per heavy atom. The van der Waals surface area contributed by atoms with Crippen LogP contribution >= 0.6 is 0 Å². The van der Waals surface area contributed by atoms with Gasteiger partial charge in [-0.1, -0.05) is 0 Å². The van der Waals surface area contributed by atoms with Gasteiger partial charge in [0.15, 0.2) is 5.69 Å².